The van der Waals surface area contributed by atoms with E-state index in [1.54, 1.807) is 6.07 Å². The summed E-state index contributed by atoms with van der Waals surface area (Å²) < 4.78 is 2.03. The minimum Gasteiger partial charge on any atom is -0.312 e. The lowest BCUT2D eigenvalue weighted by atomic mass is 10.1. The molecule has 1 aliphatic carbocycles. The molecule has 0 radical (unpaired) electrons. The number of unbranched alkanes of at least 4 members (excludes halogenated alkanes) is 6. The second-order valence-corrected chi connectivity index (χ2v) is 6.61. The number of halogens is 1. The number of alkyl halides is 1. The van der Waals surface area contributed by atoms with Crippen molar-refractivity contribution in [3.8, 4) is 0 Å². The van der Waals surface area contributed by atoms with Gasteiger partial charge in [-0.1, -0.05) is 54.1 Å². The van der Waals surface area contributed by atoms with Gasteiger partial charge in [-0.15, -0.1) is 0 Å². The van der Waals surface area contributed by atoms with E-state index in [4.69, 9.17) is 0 Å². The summed E-state index contributed by atoms with van der Waals surface area (Å²) in [6, 6.07) is 3.79. The molecule has 1 aromatic rings. The van der Waals surface area contributed by atoms with Crippen molar-refractivity contribution in [3.05, 3.63) is 33.7 Å². The van der Waals surface area contributed by atoms with Crippen LogP contribution in [0.25, 0.3) is 0 Å². The van der Waals surface area contributed by atoms with E-state index in [0.717, 1.165) is 31.1 Å². The van der Waals surface area contributed by atoms with Gasteiger partial charge in [0.2, 0.25) is 0 Å². The molecule has 2 nitrogen and oxygen atoms in total. The van der Waals surface area contributed by atoms with Crippen LogP contribution in [-0.2, 0) is 19.4 Å². The number of hydrogen-bond acceptors (Lipinski definition) is 1. The molecule has 20 heavy (non-hydrogen) atoms. The van der Waals surface area contributed by atoms with Crippen LogP contribution in [0.15, 0.2) is 16.9 Å². The maximum atomic E-state index is 12.0. The molecule has 0 aliphatic heterocycles. The molecule has 0 amide bonds. The van der Waals surface area contributed by atoms with Gasteiger partial charge in [-0.2, -0.15) is 0 Å². The zero-order valence-corrected chi connectivity index (χ0v) is 14.0. The summed E-state index contributed by atoms with van der Waals surface area (Å²) in [6.45, 7) is 0.920. The summed E-state index contributed by atoms with van der Waals surface area (Å²) in [5.74, 6) is 0. The fraction of sp³-hybridized carbons (Fsp3) is 0.706. The van der Waals surface area contributed by atoms with E-state index in [1.165, 1.54) is 56.2 Å². The van der Waals surface area contributed by atoms with Crippen LogP contribution in [0.4, 0.5) is 0 Å². The summed E-state index contributed by atoms with van der Waals surface area (Å²) in [6.07, 6.45) is 12.5. The zero-order valence-electron chi connectivity index (χ0n) is 12.4. The SMILES string of the molecule is O=c1ccc2c(n1CCCCCCCCCBr)CCC2. The van der Waals surface area contributed by atoms with Gasteiger partial charge in [-0.3, -0.25) is 4.79 Å². The van der Waals surface area contributed by atoms with Gasteiger partial charge in [0.1, 0.15) is 0 Å². The van der Waals surface area contributed by atoms with Crippen LogP contribution in [0, 0.1) is 0 Å². The molecule has 0 atom stereocenters. The number of aromatic nitrogens is 1. The Labute approximate surface area is 130 Å². The van der Waals surface area contributed by atoms with Gasteiger partial charge in [0.25, 0.3) is 5.56 Å². The Kier molecular flexibility index (Phi) is 6.85. The van der Waals surface area contributed by atoms with Crippen LogP contribution in [0.5, 0.6) is 0 Å². The fourth-order valence-electron chi connectivity index (χ4n) is 3.13. The number of pyridine rings is 1. The Hall–Kier alpha value is -0.570. The van der Waals surface area contributed by atoms with E-state index in [9.17, 15) is 4.79 Å². The topological polar surface area (TPSA) is 22.0 Å². The molecule has 1 heterocycles. The minimum absolute atomic E-state index is 0.197. The Morgan fingerprint density at radius 1 is 0.950 bits per heavy atom. The molecule has 0 bridgehead atoms. The predicted octanol–water partition coefficient (Wildman–Crippen LogP) is 4.46. The Morgan fingerprint density at radius 2 is 1.65 bits per heavy atom. The monoisotopic (exact) mass is 339 g/mol. The maximum absolute atomic E-state index is 12.0. The molecule has 0 saturated heterocycles. The molecule has 3 heteroatoms. The molecule has 1 aliphatic rings. The van der Waals surface area contributed by atoms with E-state index < -0.39 is 0 Å². The molecule has 0 fully saturated rings. The standard InChI is InChI=1S/C17H26BrNO/c18-13-6-4-2-1-3-5-7-14-19-16-10-8-9-15(16)11-12-17(19)20/h11-12H,1-10,13-14H2. The second kappa shape index (κ2) is 8.66. The van der Waals surface area contributed by atoms with E-state index in [1.807, 2.05) is 10.6 Å². The highest BCUT2D eigenvalue weighted by Crippen LogP contribution is 2.20. The van der Waals surface area contributed by atoms with Gasteiger partial charge < -0.3 is 4.57 Å². The van der Waals surface area contributed by atoms with Gasteiger partial charge >= 0.3 is 0 Å². The normalized spacial score (nSPS) is 13.7. The van der Waals surface area contributed by atoms with E-state index in [0.29, 0.717) is 0 Å². The van der Waals surface area contributed by atoms with E-state index >= 15 is 0 Å². The van der Waals surface area contributed by atoms with Crippen molar-refractivity contribution in [3.63, 3.8) is 0 Å². The predicted molar refractivity (Wildman–Crippen MR) is 88.8 cm³/mol. The van der Waals surface area contributed by atoms with Gasteiger partial charge in [0, 0.05) is 23.6 Å². The van der Waals surface area contributed by atoms with E-state index in [2.05, 4.69) is 15.9 Å². The number of hydrogen-bond donors (Lipinski definition) is 0. The van der Waals surface area contributed by atoms with Crippen LogP contribution in [0.1, 0.15) is 62.6 Å². The Morgan fingerprint density at radius 3 is 2.40 bits per heavy atom. The lowest BCUT2D eigenvalue weighted by Crippen LogP contribution is -2.22. The quantitative estimate of drug-likeness (QED) is 0.480. The Balaban J connectivity index is 1.70. The number of aryl methyl sites for hydroxylation is 1. The summed E-state index contributed by atoms with van der Waals surface area (Å²) in [7, 11) is 0. The molecule has 0 saturated carbocycles. The zero-order chi connectivity index (χ0) is 14.2. The highest BCUT2D eigenvalue weighted by Gasteiger charge is 2.15. The summed E-state index contributed by atoms with van der Waals surface area (Å²) >= 11 is 3.47. The van der Waals surface area contributed by atoms with Crippen molar-refractivity contribution < 1.29 is 0 Å². The van der Waals surface area contributed by atoms with Crippen molar-refractivity contribution >= 4 is 15.9 Å². The molecule has 112 valence electrons. The first-order valence-corrected chi connectivity index (χ1v) is 9.22. The summed E-state index contributed by atoms with van der Waals surface area (Å²) in [5.41, 5.74) is 2.91. The lowest BCUT2D eigenvalue weighted by Gasteiger charge is -2.11. The number of rotatable bonds is 9. The average molecular weight is 340 g/mol. The van der Waals surface area contributed by atoms with Crippen LogP contribution in [-0.4, -0.2) is 9.90 Å². The molecular weight excluding hydrogens is 314 g/mol. The fourth-order valence-corrected chi connectivity index (χ4v) is 3.52. The van der Waals surface area contributed by atoms with Crippen LogP contribution < -0.4 is 5.56 Å². The number of nitrogens with zero attached hydrogens (tertiary/aromatic N) is 1. The van der Waals surface area contributed by atoms with Crippen molar-refractivity contribution in [1.29, 1.82) is 0 Å². The third-order valence-corrected chi connectivity index (χ3v) is 4.83. The van der Waals surface area contributed by atoms with Gasteiger partial charge in [-0.25, -0.2) is 0 Å². The molecule has 1 aromatic heterocycles. The van der Waals surface area contributed by atoms with Crippen molar-refractivity contribution in [2.24, 2.45) is 0 Å². The maximum Gasteiger partial charge on any atom is 0.250 e. The van der Waals surface area contributed by atoms with Crippen molar-refractivity contribution in [1.82, 2.24) is 4.57 Å². The first-order valence-electron chi connectivity index (χ1n) is 8.10. The summed E-state index contributed by atoms with van der Waals surface area (Å²) in [5, 5.41) is 1.13. The molecular formula is C17H26BrNO. The third-order valence-electron chi connectivity index (χ3n) is 4.26. The second-order valence-electron chi connectivity index (χ2n) is 5.81. The van der Waals surface area contributed by atoms with Crippen LogP contribution in [0.2, 0.25) is 0 Å². The molecule has 0 aromatic carbocycles. The highest BCUT2D eigenvalue weighted by molar-refractivity contribution is 9.09. The number of fused-ring (bicyclic) bond motifs is 1. The molecule has 0 unspecified atom stereocenters. The van der Waals surface area contributed by atoms with Crippen molar-refractivity contribution in [2.75, 3.05) is 5.33 Å². The van der Waals surface area contributed by atoms with Gasteiger partial charge in [-0.05, 0) is 37.7 Å². The smallest absolute Gasteiger partial charge is 0.250 e. The first-order chi connectivity index (χ1) is 9.83. The van der Waals surface area contributed by atoms with Crippen LogP contribution in [0.3, 0.4) is 0 Å². The Bertz CT molecular complexity index is 467. The van der Waals surface area contributed by atoms with Gasteiger partial charge in [0.05, 0.1) is 0 Å². The molecule has 0 spiro atoms. The third kappa shape index (κ3) is 4.47. The summed E-state index contributed by atoms with van der Waals surface area (Å²) in [4.78, 5) is 12.0. The molecule has 2 rings (SSSR count). The minimum atomic E-state index is 0.197. The van der Waals surface area contributed by atoms with E-state index in [-0.39, 0.29) is 5.56 Å². The average Bonchev–Trinajstić information content (AvgIpc) is 2.92. The highest BCUT2D eigenvalue weighted by atomic mass is 79.9. The molecule has 0 N–H and O–H groups in total. The first kappa shape index (κ1) is 15.8. The van der Waals surface area contributed by atoms with Crippen LogP contribution >= 0.6 is 15.9 Å². The van der Waals surface area contributed by atoms with Crippen molar-refractivity contribution in [2.45, 2.75) is 70.8 Å². The lowest BCUT2D eigenvalue weighted by molar-refractivity contribution is 0.534. The van der Waals surface area contributed by atoms with Gasteiger partial charge in [0.15, 0.2) is 0 Å². The largest absolute Gasteiger partial charge is 0.312 e.